The molecule has 138 valence electrons. The predicted molar refractivity (Wildman–Crippen MR) is 99.5 cm³/mol. The molecule has 0 aliphatic carbocycles. The zero-order valence-corrected chi connectivity index (χ0v) is 16.6. The quantitative estimate of drug-likeness (QED) is 0.773. The first kappa shape index (κ1) is 18.9. The first-order valence-corrected chi connectivity index (χ1v) is 10.4. The Morgan fingerprint density at radius 1 is 1.00 bits per heavy atom. The second-order valence-electron chi connectivity index (χ2n) is 8.07. The average Bonchev–Trinajstić information content (AvgIpc) is 2.76. The van der Waals surface area contributed by atoms with E-state index in [9.17, 15) is 8.42 Å². The number of hydrogen-bond donors (Lipinski definition) is 0. The van der Waals surface area contributed by atoms with Crippen molar-refractivity contribution in [1.82, 2.24) is 4.31 Å². The number of hydrogen-bond acceptors (Lipinski definition) is 4. The molecular weight excluding hydrogens is 337 g/mol. The van der Waals surface area contributed by atoms with Crippen molar-refractivity contribution < 1.29 is 17.7 Å². The first-order chi connectivity index (χ1) is 11.5. The van der Waals surface area contributed by atoms with Crippen molar-refractivity contribution in [2.75, 3.05) is 13.1 Å². The van der Waals surface area contributed by atoms with Gasteiger partial charge in [0, 0.05) is 13.1 Å². The molecule has 0 spiro atoms. The van der Waals surface area contributed by atoms with Gasteiger partial charge in [-0.25, -0.2) is 8.42 Å². The molecule has 0 amide bonds. The van der Waals surface area contributed by atoms with E-state index in [0.29, 0.717) is 18.0 Å². The summed E-state index contributed by atoms with van der Waals surface area (Å²) in [6.07, 6.45) is 2.97. The molecule has 2 heterocycles. The fourth-order valence-corrected chi connectivity index (χ4v) is 4.90. The van der Waals surface area contributed by atoms with Gasteiger partial charge in [-0.1, -0.05) is 18.1 Å². The maximum atomic E-state index is 12.8. The summed E-state index contributed by atoms with van der Waals surface area (Å²) in [6.45, 7) is 11.2. The fourth-order valence-electron chi connectivity index (χ4n) is 3.30. The van der Waals surface area contributed by atoms with Crippen LogP contribution in [0.25, 0.3) is 0 Å². The molecule has 0 bridgehead atoms. The molecule has 2 saturated heterocycles. The van der Waals surface area contributed by atoms with E-state index < -0.39 is 28.3 Å². The van der Waals surface area contributed by atoms with Crippen LogP contribution in [0.5, 0.6) is 0 Å². The minimum atomic E-state index is -3.42. The van der Waals surface area contributed by atoms with Gasteiger partial charge < -0.3 is 9.31 Å². The lowest BCUT2D eigenvalue weighted by Gasteiger charge is -2.32. The predicted octanol–water partition coefficient (Wildman–Crippen LogP) is 2.47. The summed E-state index contributed by atoms with van der Waals surface area (Å²) in [4.78, 5) is 0.354. The van der Waals surface area contributed by atoms with E-state index in [1.165, 1.54) is 0 Å². The Balaban J connectivity index is 1.87. The third-order valence-electron chi connectivity index (χ3n) is 5.70. The Morgan fingerprint density at radius 2 is 1.56 bits per heavy atom. The lowest BCUT2D eigenvalue weighted by atomic mass is 9.76. The summed E-state index contributed by atoms with van der Waals surface area (Å²) < 4.78 is 39.5. The standard InChI is InChI=1S/C18H28BNO4S/c1-14-13-15(25(21,22)20-11-7-6-8-12-20)9-10-16(14)19-23-17(2,3)18(4,5)24-19/h9-10,13H,6-8,11-12H2,1-5H3. The largest absolute Gasteiger partial charge is 0.495 e. The minimum Gasteiger partial charge on any atom is -0.399 e. The molecule has 0 unspecified atom stereocenters. The van der Waals surface area contributed by atoms with Gasteiger partial charge in [-0.15, -0.1) is 0 Å². The molecule has 3 rings (SSSR count). The van der Waals surface area contributed by atoms with Gasteiger partial charge in [0.25, 0.3) is 0 Å². The number of sulfonamides is 1. The molecular formula is C18H28BNO4S. The van der Waals surface area contributed by atoms with Crippen LogP contribution in [0.2, 0.25) is 0 Å². The van der Waals surface area contributed by atoms with Crippen LogP contribution in [-0.4, -0.2) is 44.1 Å². The van der Waals surface area contributed by atoms with Crippen molar-refractivity contribution in [3.05, 3.63) is 23.8 Å². The fraction of sp³-hybridized carbons (Fsp3) is 0.667. The van der Waals surface area contributed by atoms with Gasteiger partial charge in [-0.05, 0) is 65.1 Å². The molecule has 2 aliphatic heterocycles. The normalized spacial score (nSPS) is 23.8. The van der Waals surface area contributed by atoms with Crippen molar-refractivity contribution in [2.45, 2.75) is 70.0 Å². The summed E-state index contributed by atoms with van der Waals surface area (Å²) in [6, 6.07) is 5.25. The zero-order chi connectivity index (χ0) is 18.5. The highest BCUT2D eigenvalue weighted by Crippen LogP contribution is 2.36. The summed E-state index contributed by atoms with van der Waals surface area (Å²) in [5.41, 5.74) is 0.929. The highest BCUT2D eigenvalue weighted by Gasteiger charge is 2.52. The van der Waals surface area contributed by atoms with E-state index >= 15 is 0 Å². The monoisotopic (exact) mass is 365 g/mol. The summed E-state index contributed by atoms with van der Waals surface area (Å²) >= 11 is 0. The third-order valence-corrected chi connectivity index (χ3v) is 7.60. The molecule has 0 atom stereocenters. The second-order valence-corrected chi connectivity index (χ2v) is 10.0. The van der Waals surface area contributed by atoms with Crippen LogP contribution in [0.3, 0.4) is 0 Å². The van der Waals surface area contributed by atoms with E-state index in [1.807, 2.05) is 40.7 Å². The van der Waals surface area contributed by atoms with Crippen LogP contribution in [0.1, 0.15) is 52.5 Å². The average molecular weight is 365 g/mol. The minimum absolute atomic E-state index is 0.354. The Hall–Kier alpha value is -0.885. The highest BCUT2D eigenvalue weighted by atomic mass is 32.2. The Morgan fingerprint density at radius 3 is 2.08 bits per heavy atom. The Kier molecular flexibility index (Phi) is 4.82. The molecule has 2 fully saturated rings. The van der Waals surface area contributed by atoms with E-state index in [2.05, 4.69) is 0 Å². The van der Waals surface area contributed by atoms with Gasteiger partial charge in [0.1, 0.15) is 0 Å². The molecule has 7 heteroatoms. The van der Waals surface area contributed by atoms with Gasteiger partial charge in [-0.3, -0.25) is 0 Å². The molecule has 2 aliphatic rings. The van der Waals surface area contributed by atoms with E-state index in [-0.39, 0.29) is 0 Å². The highest BCUT2D eigenvalue weighted by molar-refractivity contribution is 7.89. The number of piperidine rings is 1. The van der Waals surface area contributed by atoms with Gasteiger partial charge in [0.05, 0.1) is 16.1 Å². The molecule has 1 aromatic carbocycles. The van der Waals surface area contributed by atoms with Crippen LogP contribution in [0, 0.1) is 6.92 Å². The van der Waals surface area contributed by atoms with Crippen molar-refractivity contribution in [3.63, 3.8) is 0 Å². The van der Waals surface area contributed by atoms with E-state index in [1.54, 1.807) is 16.4 Å². The summed E-state index contributed by atoms with van der Waals surface area (Å²) in [7, 11) is -3.89. The smallest absolute Gasteiger partial charge is 0.399 e. The third kappa shape index (κ3) is 3.39. The van der Waals surface area contributed by atoms with Crippen molar-refractivity contribution >= 4 is 22.6 Å². The summed E-state index contributed by atoms with van der Waals surface area (Å²) in [5, 5.41) is 0. The number of benzene rings is 1. The molecule has 0 radical (unpaired) electrons. The SMILES string of the molecule is Cc1cc(S(=O)(=O)N2CCCCC2)ccc1B1OC(C)(C)C(C)(C)O1. The molecule has 0 N–H and O–H groups in total. The van der Waals surface area contributed by atoms with Gasteiger partial charge in [0.15, 0.2) is 0 Å². The molecule has 25 heavy (non-hydrogen) atoms. The van der Waals surface area contributed by atoms with Crippen molar-refractivity contribution in [3.8, 4) is 0 Å². The topological polar surface area (TPSA) is 55.8 Å². The maximum absolute atomic E-state index is 12.8. The molecule has 0 saturated carbocycles. The molecule has 0 aromatic heterocycles. The van der Waals surface area contributed by atoms with Gasteiger partial charge in [-0.2, -0.15) is 4.31 Å². The van der Waals surface area contributed by atoms with Crippen LogP contribution < -0.4 is 5.46 Å². The van der Waals surface area contributed by atoms with Gasteiger partial charge in [0.2, 0.25) is 10.0 Å². The number of rotatable bonds is 3. The molecule has 1 aromatic rings. The Bertz CT molecular complexity index is 738. The van der Waals surface area contributed by atoms with Crippen LogP contribution in [0.15, 0.2) is 23.1 Å². The number of nitrogens with zero attached hydrogens (tertiary/aromatic N) is 1. The van der Waals surface area contributed by atoms with E-state index in [0.717, 1.165) is 30.3 Å². The summed E-state index contributed by atoms with van der Waals surface area (Å²) in [5.74, 6) is 0. The lowest BCUT2D eigenvalue weighted by Crippen LogP contribution is -2.41. The Labute approximate surface area is 151 Å². The van der Waals surface area contributed by atoms with E-state index in [4.69, 9.17) is 9.31 Å². The van der Waals surface area contributed by atoms with Crippen LogP contribution >= 0.6 is 0 Å². The number of aryl methyl sites for hydroxylation is 1. The second kappa shape index (κ2) is 6.37. The van der Waals surface area contributed by atoms with Crippen LogP contribution in [0.4, 0.5) is 0 Å². The molecule has 5 nitrogen and oxygen atoms in total. The van der Waals surface area contributed by atoms with Crippen LogP contribution in [-0.2, 0) is 19.3 Å². The van der Waals surface area contributed by atoms with Crippen molar-refractivity contribution in [1.29, 1.82) is 0 Å². The lowest BCUT2D eigenvalue weighted by molar-refractivity contribution is 0.00578. The first-order valence-electron chi connectivity index (χ1n) is 9.01. The van der Waals surface area contributed by atoms with Crippen molar-refractivity contribution in [2.24, 2.45) is 0 Å². The zero-order valence-electron chi connectivity index (χ0n) is 15.8. The van der Waals surface area contributed by atoms with Gasteiger partial charge >= 0.3 is 7.12 Å². The maximum Gasteiger partial charge on any atom is 0.495 e.